The van der Waals surface area contributed by atoms with E-state index in [4.69, 9.17) is 29.0 Å². The zero-order valence-corrected chi connectivity index (χ0v) is 27.4. The Labute approximate surface area is 275 Å². The minimum atomic E-state index is -1.02. The summed E-state index contributed by atoms with van der Waals surface area (Å²) in [4.78, 5) is 18.4. The van der Waals surface area contributed by atoms with E-state index in [1.807, 2.05) is 80.7 Å². The van der Waals surface area contributed by atoms with E-state index in [0.29, 0.717) is 30.1 Å². The second-order valence-electron chi connectivity index (χ2n) is 13.1. The Morgan fingerprint density at radius 2 is 1.77 bits per heavy atom. The van der Waals surface area contributed by atoms with Crippen LogP contribution in [0.25, 0.3) is 39.3 Å². The molecule has 1 unspecified atom stereocenters. The van der Waals surface area contributed by atoms with E-state index in [2.05, 4.69) is 36.4 Å². The van der Waals surface area contributed by atoms with Gasteiger partial charge in [0.05, 0.1) is 30.7 Å². The highest BCUT2D eigenvalue weighted by atomic mass is 16.6. The number of ether oxygens (including phenoxy) is 4. The Balaban J connectivity index is 1.52. The van der Waals surface area contributed by atoms with Crippen LogP contribution in [0.3, 0.4) is 0 Å². The molecule has 0 aliphatic carbocycles. The van der Waals surface area contributed by atoms with Crippen molar-refractivity contribution in [3.8, 4) is 45.1 Å². The van der Waals surface area contributed by atoms with E-state index < -0.39 is 17.7 Å². The van der Waals surface area contributed by atoms with Gasteiger partial charge in [-0.1, -0.05) is 48.6 Å². The third kappa shape index (κ3) is 6.01. The number of para-hydroxylation sites is 1. The fourth-order valence-corrected chi connectivity index (χ4v) is 6.55. The van der Waals surface area contributed by atoms with E-state index in [-0.39, 0.29) is 5.92 Å². The standard InChI is InChI=1S/C39H39N3O5/c1-24-35(37(38(43)44-5)47-39(2,3)4)36-28-16-17-33-30(22-28)25(18-20-46-33)11-8-9-19-45-32-15-7-6-14-29(32)26-12-10-13-27(21-26)31-23-34(40-24)42(36)41-31/h6-10,12-17,21-23,25,37H,11,18-20H2,1-5H3/t25?,37-/m0/s1. The molecule has 0 amide bonds. The van der Waals surface area contributed by atoms with Crippen LogP contribution in [-0.4, -0.2) is 46.5 Å². The minimum Gasteiger partial charge on any atom is -0.493 e. The largest absolute Gasteiger partial charge is 0.493 e. The molecule has 240 valence electrons. The minimum absolute atomic E-state index is 0.248. The van der Waals surface area contributed by atoms with Gasteiger partial charge >= 0.3 is 5.97 Å². The SMILES string of the molecule is COC(=O)[C@@H](OC(C)(C)C)c1c(C)nc2cc3nn2c1-c1ccc2c(c1)C(CC=CCOc1ccccc1-c1cccc-3c1)CCO2. The summed E-state index contributed by atoms with van der Waals surface area (Å²) in [6, 6.07) is 24.6. The summed E-state index contributed by atoms with van der Waals surface area (Å²) in [5.74, 6) is 1.45. The van der Waals surface area contributed by atoms with Gasteiger partial charge in [-0.3, -0.25) is 0 Å². The van der Waals surface area contributed by atoms with Crippen molar-refractivity contribution >= 4 is 11.6 Å². The molecule has 2 aliphatic rings. The fraction of sp³-hybridized carbons (Fsp3) is 0.308. The van der Waals surface area contributed by atoms with Gasteiger partial charge in [-0.05, 0) is 87.9 Å². The molecule has 0 saturated carbocycles. The second-order valence-corrected chi connectivity index (χ2v) is 13.1. The third-order valence-corrected chi connectivity index (χ3v) is 8.70. The first-order chi connectivity index (χ1) is 22.7. The zero-order chi connectivity index (χ0) is 32.7. The number of carbonyl (C=O) groups is 1. The normalized spacial score (nSPS) is 16.4. The number of aromatic nitrogens is 3. The first kappa shape index (κ1) is 30.7. The summed E-state index contributed by atoms with van der Waals surface area (Å²) in [5.41, 5.74) is 7.77. The highest BCUT2D eigenvalue weighted by molar-refractivity contribution is 5.83. The van der Waals surface area contributed by atoms with Crippen molar-refractivity contribution in [1.82, 2.24) is 14.6 Å². The van der Waals surface area contributed by atoms with Crippen molar-refractivity contribution in [1.29, 1.82) is 0 Å². The van der Waals surface area contributed by atoms with Crippen LogP contribution in [0, 0.1) is 6.92 Å². The quantitative estimate of drug-likeness (QED) is 0.147. The highest BCUT2D eigenvalue weighted by Gasteiger charge is 2.34. The van der Waals surface area contributed by atoms with Crippen LogP contribution in [0.1, 0.15) is 62.5 Å². The molecule has 0 fully saturated rings. The Morgan fingerprint density at radius 3 is 2.60 bits per heavy atom. The van der Waals surface area contributed by atoms with Crippen LogP contribution in [0.5, 0.6) is 11.5 Å². The van der Waals surface area contributed by atoms with Gasteiger partial charge in [0, 0.05) is 34.0 Å². The molecular formula is C39H39N3O5. The Hall–Kier alpha value is -4.95. The maximum atomic E-state index is 13.5. The number of hydrogen-bond donors (Lipinski definition) is 0. The monoisotopic (exact) mass is 629 g/mol. The number of esters is 1. The summed E-state index contributed by atoms with van der Waals surface area (Å²) >= 11 is 0. The molecule has 2 aliphatic heterocycles. The topological polar surface area (TPSA) is 84.2 Å². The van der Waals surface area contributed by atoms with Gasteiger partial charge in [0.25, 0.3) is 0 Å². The average Bonchev–Trinajstić information content (AvgIpc) is 3.49. The predicted octanol–water partition coefficient (Wildman–Crippen LogP) is 8.27. The number of nitrogens with zero attached hydrogens (tertiary/aromatic N) is 3. The third-order valence-electron chi connectivity index (χ3n) is 8.70. The molecule has 0 radical (unpaired) electrons. The molecule has 47 heavy (non-hydrogen) atoms. The van der Waals surface area contributed by atoms with Crippen LogP contribution in [0.2, 0.25) is 0 Å². The lowest BCUT2D eigenvalue weighted by Gasteiger charge is -2.29. The number of carbonyl (C=O) groups excluding carboxylic acids is 1. The van der Waals surface area contributed by atoms with Gasteiger partial charge in [0.15, 0.2) is 11.8 Å². The molecule has 0 spiro atoms. The second kappa shape index (κ2) is 12.3. The maximum absolute atomic E-state index is 13.5. The number of hydrogen-bond acceptors (Lipinski definition) is 7. The number of allylic oxidation sites excluding steroid dienone is 1. The summed E-state index contributed by atoms with van der Waals surface area (Å²) in [7, 11) is 1.38. The van der Waals surface area contributed by atoms with E-state index in [9.17, 15) is 4.79 Å². The Morgan fingerprint density at radius 1 is 0.936 bits per heavy atom. The molecule has 0 saturated heterocycles. The number of aryl methyl sites for hydroxylation is 1. The summed E-state index contributed by atoms with van der Waals surface area (Å²) in [5, 5.41) is 5.15. The van der Waals surface area contributed by atoms with Crippen molar-refractivity contribution in [3.63, 3.8) is 0 Å². The van der Waals surface area contributed by atoms with Gasteiger partial charge in [-0.15, -0.1) is 0 Å². The molecule has 8 heteroatoms. The number of rotatable bonds is 3. The van der Waals surface area contributed by atoms with Gasteiger partial charge in [0.1, 0.15) is 18.1 Å². The Bertz CT molecular complexity index is 2000. The molecule has 0 N–H and O–H groups in total. The Kier molecular flexibility index (Phi) is 8.06. The van der Waals surface area contributed by atoms with E-state index in [1.165, 1.54) is 7.11 Å². The molecule has 3 aromatic carbocycles. The van der Waals surface area contributed by atoms with Gasteiger partial charge < -0.3 is 18.9 Å². The molecule has 6 bridgehead atoms. The molecule has 2 atom stereocenters. The van der Waals surface area contributed by atoms with E-state index >= 15 is 0 Å². The van der Waals surface area contributed by atoms with Crippen molar-refractivity contribution in [2.45, 2.75) is 58.2 Å². The number of fused-ring (bicyclic) bond motifs is 8. The molecule has 5 aromatic rings. The van der Waals surface area contributed by atoms with Crippen LogP contribution in [0.15, 0.2) is 84.9 Å². The highest BCUT2D eigenvalue weighted by Crippen LogP contribution is 2.42. The summed E-state index contributed by atoms with van der Waals surface area (Å²) < 4.78 is 26.0. The van der Waals surface area contributed by atoms with Gasteiger partial charge in [-0.2, -0.15) is 5.10 Å². The van der Waals surface area contributed by atoms with E-state index in [0.717, 1.165) is 63.5 Å². The van der Waals surface area contributed by atoms with Gasteiger partial charge in [-0.25, -0.2) is 14.3 Å². The van der Waals surface area contributed by atoms with Crippen molar-refractivity contribution in [2.24, 2.45) is 0 Å². The lowest BCUT2D eigenvalue weighted by molar-refractivity contribution is -0.164. The zero-order valence-electron chi connectivity index (χ0n) is 27.4. The molecule has 2 aromatic heterocycles. The van der Waals surface area contributed by atoms with Crippen LogP contribution < -0.4 is 9.47 Å². The maximum Gasteiger partial charge on any atom is 0.339 e. The number of methoxy groups -OCH3 is 1. The van der Waals surface area contributed by atoms with Crippen molar-refractivity contribution < 1.29 is 23.7 Å². The van der Waals surface area contributed by atoms with Crippen molar-refractivity contribution in [3.05, 3.63) is 102 Å². The summed E-state index contributed by atoms with van der Waals surface area (Å²) in [6.07, 6.45) is 5.00. The van der Waals surface area contributed by atoms with Crippen molar-refractivity contribution in [2.75, 3.05) is 20.3 Å². The first-order valence-electron chi connectivity index (χ1n) is 16.1. The smallest absolute Gasteiger partial charge is 0.339 e. The molecule has 8 nitrogen and oxygen atoms in total. The van der Waals surface area contributed by atoms with Crippen LogP contribution in [0.4, 0.5) is 0 Å². The lowest BCUT2D eigenvalue weighted by Crippen LogP contribution is -2.30. The average molecular weight is 630 g/mol. The lowest BCUT2D eigenvalue weighted by atomic mass is 9.87. The van der Waals surface area contributed by atoms with E-state index in [1.54, 1.807) is 0 Å². The number of benzene rings is 3. The predicted molar refractivity (Wildman–Crippen MR) is 182 cm³/mol. The van der Waals surface area contributed by atoms with Crippen LogP contribution in [-0.2, 0) is 14.3 Å². The first-order valence-corrected chi connectivity index (χ1v) is 16.1. The molecule has 4 heterocycles. The molecular weight excluding hydrogens is 590 g/mol. The fourth-order valence-electron chi connectivity index (χ4n) is 6.55. The molecule has 7 rings (SSSR count). The van der Waals surface area contributed by atoms with Crippen LogP contribution >= 0.6 is 0 Å². The van der Waals surface area contributed by atoms with Gasteiger partial charge in [0.2, 0.25) is 0 Å². The summed E-state index contributed by atoms with van der Waals surface area (Å²) in [6.45, 7) is 8.81.